The van der Waals surface area contributed by atoms with Gasteiger partial charge < -0.3 is 15.8 Å². The minimum atomic E-state index is -2.98. The zero-order chi connectivity index (χ0) is 12.7. The molecule has 3 N–H and O–H groups in total. The third kappa shape index (κ3) is 2.46. The second-order valence-electron chi connectivity index (χ2n) is 5.11. The molecule has 3 atom stereocenters. The van der Waals surface area contributed by atoms with Gasteiger partial charge in [-0.15, -0.1) is 0 Å². The molecule has 3 unspecified atom stereocenters. The molecule has 2 fully saturated rings. The van der Waals surface area contributed by atoms with Crippen molar-refractivity contribution in [2.45, 2.75) is 25.4 Å². The molecule has 7 heteroatoms. The van der Waals surface area contributed by atoms with Crippen LogP contribution in [0.25, 0.3) is 0 Å². The average molecular weight is 262 g/mol. The molecule has 0 radical (unpaired) electrons. The summed E-state index contributed by atoms with van der Waals surface area (Å²) < 4.78 is 27.8. The van der Waals surface area contributed by atoms with E-state index in [1.165, 1.54) is 0 Å². The summed E-state index contributed by atoms with van der Waals surface area (Å²) in [4.78, 5) is 12.1. The lowest BCUT2D eigenvalue weighted by Crippen LogP contribution is -2.52. The molecule has 98 valence electrons. The number of hydrogen-bond acceptors (Lipinski definition) is 5. The monoisotopic (exact) mass is 262 g/mol. The summed E-state index contributed by atoms with van der Waals surface area (Å²) >= 11 is 0. The Morgan fingerprint density at radius 1 is 1.53 bits per heavy atom. The van der Waals surface area contributed by atoms with Crippen molar-refractivity contribution in [3.8, 4) is 0 Å². The lowest BCUT2D eigenvalue weighted by Gasteiger charge is -2.27. The normalized spacial score (nSPS) is 40.4. The zero-order valence-corrected chi connectivity index (χ0v) is 10.6. The summed E-state index contributed by atoms with van der Waals surface area (Å²) in [5.74, 6) is -0.0214. The summed E-state index contributed by atoms with van der Waals surface area (Å²) in [5.41, 5.74) is 5.09. The summed E-state index contributed by atoms with van der Waals surface area (Å²) in [6.45, 7) is 2.41. The van der Waals surface area contributed by atoms with Crippen LogP contribution in [-0.2, 0) is 19.4 Å². The Morgan fingerprint density at radius 3 is 2.71 bits per heavy atom. The van der Waals surface area contributed by atoms with Crippen molar-refractivity contribution in [3.63, 3.8) is 0 Å². The number of nitrogens with one attached hydrogen (secondary N) is 1. The van der Waals surface area contributed by atoms with E-state index in [-0.39, 0.29) is 29.5 Å². The van der Waals surface area contributed by atoms with E-state index in [1.807, 2.05) is 0 Å². The van der Waals surface area contributed by atoms with Crippen molar-refractivity contribution >= 4 is 15.7 Å². The van der Waals surface area contributed by atoms with E-state index in [0.29, 0.717) is 19.6 Å². The van der Waals surface area contributed by atoms with Crippen molar-refractivity contribution in [2.75, 3.05) is 24.7 Å². The van der Waals surface area contributed by atoms with E-state index in [9.17, 15) is 13.2 Å². The molecule has 1 amide bonds. The Labute approximate surface area is 101 Å². The van der Waals surface area contributed by atoms with E-state index < -0.39 is 15.3 Å². The lowest BCUT2D eigenvalue weighted by atomic mass is 9.84. The van der Waals surface area contributed by atoms with Crippen LogP contribution in [0, 0.1) is 5.41 Å². The Balaban J connectivity index is 1.98. The number of ether oxygens (including phenoxy) is 1. The Morgan fingerprint density at radius 2 is 2.24 bits per heavy atom. The lowest BCUT2D eigenvalue weighted by molar-refractivity contribution is -0.131. The second kappa shape index (κ2) is 4.22. The fraction of sp³-hybridized carbons (Fsp3) is 0.900. The maximum absolute atomic E-state index is 12.1. The molecular weight excluding hydrogens is 244 g/mol. The van der Waals surface area contributed by atoms with E-state index >= 15 is 0 Å². The maximum atomic E-state index is 12.1. The van der Waals surface area contributed by atoms with E-state index in [0.717, 1.165) is 0 Å². The third-order valence-corrected chi connectivity index (χ3v) is 5.37. The minimum Gasteiger partial charge on any atom is -0.379 e. The molecule has 17 heavy (non-hydrogen) atoms. The van der Waals surface area contributed by atoms with E-state index in [4.69, 9.17) is 10.5 Å². The number of rotatable bonds is 2. The van der Waals surface area contributed by atoms with Gasteiger partial charge in [0.2, 0.25) is 5.91 Å². The quantitative estimate of drug-likeness (QED) is 0.641. The molecule has 0 aromatic rings. The van der Waals surface area contributed by atoms with E-state index in [2.05, 4.69) is 5.32 Å². The second-order valence-corrected chi connectivity index (χ2v) is 7.34. The third-order valence-electron chi connectivity index (χ3n) is 3.60. The number of hydrogen-bond donors (Lipinski definition) is 2. The zero-order valence-electron chi connectivity index (χ0n) is 9.81. The number of carbonyl (C=O) groups excluding carboxylic acids is 1. The first-order valence-electron chi connectivity index (χ1n) is 5.68. The van der Waals surface area contributed by atoms with Gasteiger partial charge in [-0.25, -0.2) is 8.42 Å². The number of nitrogens with two attached hydrogens (primary N) is 1. The van der Waals surface area contributed by atoms with Crippen LogP contribution in [0.2, 0.25) is 0 Å². The Hall–Kier alpha value is -0.660. The molecule has 0 bridgehead atoms. The van der Waals surface area contributed by atoms with Gasteiger partial charge in [0.25, 0.3) is 0 Å². The highest BCUT2D eigenvalue weighted by molar-refractivity contribution is 7.91. The molecule has 2 aliphatic heterocycles. The molecule has 2 aliphatic rings. The molecule has 2 heterocycles. The summed E-state index contributed by atoms with van der Waals surface area (Å²) in [7, 11) is -2.98. The Bertz CT molecular complexity index is 422. The van der Waals surface area contributed by atoms with Gasteiger partial charge in [0, 0.05) is 12.1 Å². The van der Waals surface area contributed by atoms with Crippen LogP contribution in [0.3, 0.4) is 0 Å². The first-order valence-corrected chi connectivity index (χ1v) is 7.50. The van der Waals surface area contributed by atoms with Gasteiger partial charge in [0.15, 0.2) is 9.84 Å². The molecule has 6 nitrogen and oxygen atoms in total. The van der Waals surface area contributed by atoms with Gasteiger partial charge in [-0.05, 0) is 13.3 Å². The fourth-order valence-corrected chi connectivity index (χ4v) is 3.86. The first-order chi connectivity index (χ1) is 7.83. The predicted molar refractivity (Wildman–Crippen MR) is 62.1 cm³/mol. The highest BCUT2D eigenvalue weighted by Gasteiger charge is 2.45. The molecular formula is C10H18N2O4S. The highest BCUT2D eigenvalue weighted by Crippen LogP contribution is 2.27. The first kappa shape index (κ1) is 12.8. The van der Waals surface area contributed by atoms with Crippen LogP contribution < -0.4 is 11.1 Å². The van der Waals surface area contributed by atoms with Crippen LogP contribution >= 0.6 is 0 Å². The highest BCUT2D eigenvalue weighted by atomic mass is 32.2. The van der Waals surface area contributed by atoms with Crippen LogP contribution in [-0.4, -0.2) is 51.1 Å². The minimum absolute atomic E-state index is 0.0327. The van der Waals surface area contributed by atoms with Crippen LogP contribution in [0.1, 0.15) is 13.3 Å². The van der Waals surface area contributed by atoms with Crippen LogP contribution in [0.15, 0.2) is 0 Å². The molecule has 2 rings (SSSR count). The van der Waals surface area contributed by atoms with Gasteiger partial charge in [-0.2, -0.15) is 0 Å². The van der Waals surface area contributed by atoms with Crippen molar-refractivity contribution in [2.24, 2.45) is 11.1 Å². The topological polar surface area (TPSA) is 98.5 Å². The van der Waals surface area contributed by atoms with Crippen LogP contribution in [0.5, 0.6) is 0 Å². The van der Waals surface area contributed by atoms with Gasteiger partial charge in [0.05, 0.1) is 30.1 Å². The number of sulfone groups is 1. The SMILES string of the molecule is CC1(C(=O)NC2CCS(=O)(=O)C2)COCC1N. The van der Waals surface area contributed by atoms with Crippen molar-refractivity contribution in [3.05, 3.63) is 0 Å². The van der Waals surface area contributed by atoms with Gasteiger partial charge in [-0.3, -0.25) is 4.79 Å². The largest absolute Gasteiger partial charge is 0.379 e. The molecule has 0 aliphatic carbocycles. The Kier molecular flexibility index (Phi) is 3.17. The smallest absolute Gasteiger partial charge is 0.230 e. The van der Waals surface area contributed by atoms with Crippen molar-refractivity contribution in [1.29, 1.82) is 0 Å². The summed E-state index contributed by atoms with van der Waals surface area (Å²) in [5, 5.41) is 2.77. The standard InChI is InChI=1S/C10H18N2O4S/c1-10(6-16-4-8(10)11)9(13)12-7-2-3-17(14,15)5-7/h7-8H,2-6,11H2,1H3,(H,12,13). The molecule has 0 aromatic heterocycles. The van der Waals surface area contributed by atoms with Crippen molar-refractivity contribution in [1.82, 2.24) is 5.32 Å². The number of carbonyl (C=O) groups is 1. The van der Waals surface area contributed by atoms with Crippen LogP contribution in [0.4, 0.5) is 0 Å². The number of amides is 1. The predicted octanol–water partition coefficient (Wildman–Crippen LogP) is -1.35. The van der Waals surface area contributed by atoms with E-state index in [1.54, 1.807) is 6.92 Å². The summed E-state index contributed by atoms with van der Waals surface area (Å²) in [6, 6.07) is -0.613. The van der Waals surface area contributed by atoms with Crippen molar-refractivity contribution < 1.29 is 17.9 Å². The molecule has 0 spiro atoms. The van der Waals surface area contributed by atoms with Gasteiger partial charge in [-0.1, -0.05) is 0 Å². The maximum Gasteiger partial charge on any atom is 0.230 e. The van der Waals surface area contributed by atoms with Gasteiger partial charge >= 0.3 is 0 Å². The fourth-order valence-electron chi connectivity index (χ4n) is 2.18. The molecule has 0 saturated carbocycles. The molecule has 2 saturated heterocycles. The average Bonchev–Trinajstić information content (AvgIpc) is 2.72. The van der Waals surface area contributed by atoms with Gasteiger partial charge in [0.1, 0.15) is 0 Å². The summed E-state index contributed by atoms with van der Waals surface area (Å²) in [6.07, 6.45) is 0.486. The molecule has 0 aromatic carbocycles.